The summed E-state index contributed by atoms with van der Waals surface area (Å²) in [6.45, 7) is 1.39. The van der Waals surface area contributed by atoms with Gasteiger partial charge in [-0.05, 0) is 31.9 Å². The summed E-state index contributed by atoms with van der Waals surface area (Å²) >= 11 is 6.13. The molecule has 0 atom stereocenters. The van der Waals surface area contributed by atoms with E-state index in [0.29, 0.717) is 0 Å². The fourth-order valence-electron chi connectivity index (χ4n) is 3.03. The van der Waals surface area contributed by atoms with Crippen molar-refractivity contribution in [2.45, 2.75) is 31.5 Å². The third kappa shape index (κ3) is 4.01. The molecular formula is C19H15ClF5N3O3. The Morgan fingerprint density at radius 2 is 1.74 bits per heavy atom. The highest BCUT2D eigenvalue weighted by molar-refractivity contribution is 6.48. The van der Waals surface area contributed by atoms with Crippen molar-refractivity contribution in [2.24, 2.45) is 7.05 Å². The molecule has 1 heterocycles. The molecule has 31 heavy (non-hydrogen) atoms. The van der Waals surface area contributed by atoms with Gasteiger partial charge in [0.05, 0.1) is 10.6 Å². The summed E-state index contributed by atoms with van der Waals surface area (Å²) in [4.78, 5) is 37.3. The molecule has 3 rings (SSSR count). The van der Waals surface area contributed by atoms with E-state index in [0.717, 1.165) is 22.8 Å². The van der Waals surface area contributed by atoms with Crippen LogP contribution in [-0.2, 0) is 11.8 Å². The van der Waals surface area contributed by atoms with E-state index in [2.05, 4.69) is 5.32 Å². The highest BCUT2D eigenvalue weighted by atomic mass is 35.5. The summed E-state index contributed by atoms with van der Waals surface area (Å²) in [5.74, 6) is -6.08. The zero-order chi connectivity index (χ0) is 23.3. The number of anilines is 1. The average molecular weight is 464 g/mol. The van der Waals surface area contributed by atoms with Crippen LogP contribution < -0.4 is 10.6 Å². The molecule has 2 aromatic rings. The van der Waals surface area contributed by atoms with E-state index in [-0.39, 0.29) is 29.8 Å². The van der Waals surface area contributed by atoms with Gasteiger partial charge in [-0.3, -0.25) is 14.4 Å². The maximum atomic E-state index is 13.4. The van der Waals surface area contributed by atoms with Gasteiger partial charge in [0.15, 0.2) is 11.6 Å². The van der Waals surface area contributed by atoms with E-state index < -0.39 is 51.7 Å². The first kappa shape index (κ1) is 22.7. The van der Waals surface area contributed by atoms with Crippen LogP contribution in [0.3, 0.4) is 0 Å². The molecule has 1 saturated carbocycles. The van der Waals surface area contributed by atoms with Gasteiger partial charge in [-0.2, -0.15) is 13.2 Å². The number of amides is 2. The fraction of sp³-hybridized carbons (Fsp3) is 0.316. The Hall–Kier alpha value is -2.95. The summed E-state index contributed by atoms with van der Waals surface area (Å²) in [6, 6.07) is 2.61. The van der Waals surface area contributed by atoms with Gasteiger partial charge in [-0.25, -0.2) is 8.78 Å². The molecule has 166 valence electrons. The number of hydrogen-bond acceptors (Lipinski definition) is 3. The molecule has 2 N–H and O–H groups in total. The number of Topliss-reactive ketones (excluding diaryl/α,β-unsaturated/α-hetero) is 1. The second kappa shape index (κ2) is 7.63. The van der Waals surface area contributed by atoms with Crippen molar-refractivity contribution in [2.75, 3.05) is 5.32 Å². The Balaban J connectivity index is 1.87. The molecule has 1 aromatic heterocycles. The van der Waals surface area contributed by atoms with Crippen molar-refractivity contribution in [3.05, 3.63) is 51.8 Å². The normalized spacial score (nSPS) is 14.8. The molecule has 0 saturated heterocycles. The quantitative estimate of drug-likeness (QED) is 0.401. The minimum Gasteiger partial charge on any atom is -0.343 e. The first-order valence-electron chi connectivity index (χ1n) is 8.84. The summed E-state index contributed by atoms with van der Waals surface area (Å²) in [6.07, 6.45) is -5.42. The number of nitrogens with one attached hydrogen (secondary N) is 2. The van der Waals surface area contributed by atoms with Crippen LogP contribution in [0.5, 0.6) is 0 Å². The van der Waals surface area contributed by atoms with Crippen LogP contribution in [0, 0.1) is 18.6 Å². The number of hydrogen-bond donors (Lipinski definition) is 2. The second-order valence-electron chi connectivity index (χ2n) is 7.13. The lowest BCUT2D eigenvalue weighted by molar-refractivity contribution is -0.169. The number of rotatable bonds is 5. The Labute approximate surface area is 177 Å². The maximum Gasteiger partial charge on any atom is 0.411 e. The second-order valence-corrected chi connectivity index (χ2v) is 7.51. The number of halogens is 6. The number of alkyl halides is 3. The minimum absolute atomic E-state index is 0.102. The van der Waals surface area contributed by atoms with Gasteiger partial charge in [-0.1, -0.05) is 11.6 Å². The molecule has 1 aromatic carbocycles. The van der Waals surface area contributed by atoms with Crippen LogP contribution in [0.1, 0.15) is 39.4 Å². The standard InChI is InChI=1S/C19H15ClF5N3O3/c1-8-12(16(30)26-9-3-4-10(21)11(22)7-9)13(20)14(28(8)2)15(29)17(31)27-18(5-6-18)19(23,24)25/h3-4,7H,5-6H2,1-2H3,(H,26,30)(H,27,31). The maximum absolute atomic E-state index is 13.4. The first-order chi connectivity index (χ1) is 14.3. The predicted molar refractivity (Wildman–Crippen MR) is 100.0 cm³/mol. The van der Waals surface area contributed by atoms with Gasteiger partial charge in [0, 0.05) is 24.5 Å². The topological polar surface area (TPSA) is 80.2 Å². The van der Waals surface area contributed by atoms with Gasteiger partial charge < -0.3 is 15.2 Å². The van der Waals surface area contributed by atoms with E-state index in [1.165, 1.54) is 14.0 Å². The molecule has 12 heteroatoms. The minimum atomic E-state index is -4.72. The Kier molecular flexibility index (Phi) is 5.59. The van der Waals surface area contributed by atoms with E-state index in [1.807, 2.05) is 0 Å². The number of carbonyl (C=O) groups is 3. The van der Waals surface area contributed by atoms with Gasteiger partial charge in [0.1, 0.15) is 11.2 Å². The molecule has 0 unspecified atom stereocenters. The fourth-order valence-corrected chi connectivity index (χ4v) is 3.46. The van der Waals surface area contributed by atoms with Crippen LogP contribution in [0.25, 0.3) is 0 Å². The van der Waals surface area contributed by atoms with Gasteiger partial charge in [-0.15, -0.1) is 0 Å². The lowest BCUT2D eigenvalue weighted by Gasteiger charge is -2.20. The van der Waals surface area contributed by atoms with Gasteiger partial charge >= 0.3 is 6.18 Å². The predicted octanol–water partition coefficient (Wildman–Crippen LogP) is 3.91. The van der Waals surface area contributed by atoms with Crippen LogP contribution in [0.4, 0.5) is 27.6 Å². The van der Waals surface area contributed by atoms with Crippen molar-refractivity contribution < 1.29 is 36.3 Å². The van der Waals surface area contributed by atoms with Crippen molar-refractivity contribution in [1.29, 1.82) is 0 Å². The van der Waals surface area contributed by atoms with Crippen molar-refractivity contribution in [3.63, 3.8) is 0 Å². The third-order valence-corrected chi connectivity index (χ3v) is 5.47. The number of ketones is 1. The van der Waals surface area contributed by atoms with Crippen molar-refractivity contribution in [3.8, 4) is 0 Å². The average Bonchev–Trinajstić information content (AvgIpc) is 3.41. The Bertz CT molecular complexity index is 1110. The Morgan fingerprint density at radius 1 is 1.13 bits per heavy atom. The van der Waals surface area contributed by atoms with E-state index >= 15 is 0 Å². The number of benzene rings is 1. The lowest BCUT2D eigenvalue weighted by atomic mass is 10.1. The first-order valence-corrected chi connectivity index (χ1v) is 9.21. The van der Waals surface area contributed by atoms with Gasteiger partial charge in [0.2, 0.25) is 0 Å². The van der Waals surface area contributed by atoms with Crippen LogP contribution >= 0.6 is 11.6 Å². The molecule has 1 aliphatic rings. The molecule has 0 aliphatic heterocycles. The molecule has 6 nitrogen and oxygen atoms in total. The molecule has 0 radical (unpaired) electrons. The van der Waals surface area contributed by atoms with Crippen molar-refractivity contribution >= 4 is 34.9 Å². The molecular weight excluding hydrogens is 449 g/mol. The molecule has 0 spiro atoms. The molecule has 2 amide bonds. The van der Waals surface area contributed by atoms with Crippen LogP contribution in [-0.4, -0.2) is 33.9 Å². The van der Waals surface area contributed by atoms with Crippen LogP contribution in [0.2, 0.25) is 5.02 Å². The van der Waals surface area contributed by atoms with Crippen molar-refractivity contribution in [1.82, 2.24) is 9.88 Å². The molecule has 1 fully saturated rings. The monoisotopic (exact) mass is 463 g/mol. The third-order valence-electron chi connectivity index (χ3n) is 5.10. The number of aromatic nitrogens is 1. The highest BCUT2D eigenvalue weighted by Crippen LogP contribution is 2.49. The smallest absolute Gasteiger partial charge is 0.343 e. The highest BCUT2D eigenvalue weighted by Gasteiger charge is 2.64. The summed E-state index contributed by atoms with van der Waals surface area (Å²) in [5.41, 5.74) is -3.15. The van der Waals surface area contributed by atoms with Gasteiger partial charge in [0.25, 0.3) is 17.6 Å². The summed E-state index contributed by atoms with van der Waals surface area (Å²) in [7, 11) is 1.30. The van der Waals surface area contributed by atoms with E-state index in [1.54, 1.807) is 5.32 Å². The zero-order valence-electron chi connectivity index (χ0n) is 16.1. The van der Waals surface area contributed by atoms with E-state index in [4.69, 9.17) is 11.6 Å². The molecule has 1 aliphatic carbocycles. The largest absolute Gasteiger partial charge is 0.411 e. The number of carbonyl (C=O) groups excluding carboxylic acids is 3. The molecule has 0 bridgehead atoms. The zero-order valence-corrected chi connectivity index (χ0v) is 16.8. The number of nitrogens with zero attached hydrogens (tertiary/aromatic N) is 1. The van der Waals surface area contributed by atoms with E-state index in [9.17, 15) is 36.3 Å². The SMILES string of the molecule is Cc1c(C(=O)Nc2ccc(F)c(F)c2)c(Cl)c(C(=O)C(=O)NC2(C(F)(F)F)CC2)n1C. The summed E-state index contributed by atoms with van der Waals surface area (Å²) < 4.78 is 66.7. The lowest BCUT2D eigenvalue weighted by Crippen LogP contribution is -2.50. The Morgan fingerprint density at radius 3 is 2.26 bits per heavy atom. The summed E-state index contributed by atoms with van der Waals surface area (Å²) in [5, 5.41) is 3.53. The van der Waals surface area contributed by atoms with Crippen LogP contribution in [0.15, 0.2) is 18.2 Å².